The Morgan fingerprint density at radius 2 is 2.13 bits per heavy atom. The third-order valence-electron chi connectivity index (χ3n) is 2.16. The Morgan fingerprint density at radius 3 is 2.80 bits per heavy atom. The molecule has 0 saturated carbocycles. The van der Waals surface area contributed by atoms with Crippen LogP contribution in [0.3, 0.4) is 0 Å². The van der Waals surface area contributed by atoms with Crippen molar-refractivity contribution in [3.8, 4) is 11.1 Å². The van der Waals surface area contributed by atoms with Crippen molar-refractivity contribution in [2.75, 3.05) is 11.9 Å². The minimum absolute atomic E-state index is 0.901. The van der Waals surface area contributed by atoms with E-state index in [-0.39, 0.29) is 0 Å². The lowest BCUT2D eigenvalue weighted by Gasteiger charge is -2.03. The van der Waals surface area contributed by atoms with Gasteiger partial charge in [0.1, 0.15) is 0 Å². The van der Waals surface area contributed by atoms with E-state index >= 15 is 0 Å². The van der Waals surface area contributed by atoms with Crippen molar-refractivity contribution in [3.05, 3.63) is 30.9 Å². The first-order valence-electron chi connectivity index (χ1n) is 4.97. The van der Waals surface area contributed by atoms with Crippen LogP contribution in [0.15, 0.2) is 30.9 Å². The van der Waals surface area contributed by atoms with Gasteiger partial charge in [0, 0.05) is 43.3 Å². The molecule has 0 spiro atoms. The van der Waals surface area contributed by atoms with E-state index in [0.717, 1.165) is 23.4 Å². The smallest absolute Gasteiger partial charge is 0.0568 e. The molecule has 0 saturated heterocycles. The molecule has 0 aliphatic heterocycles. The maximum atomic E-state index is 4.19. The van der Waals surface area contributed by atoms with Crippen LogP contribution in [-0.2, 0) is 7.05 Å². The first kappa shape index (κ1) is 9.71. The summed E-state index contributed by atoms with van der Waals surface area (Å²) < 4.78 is 1.79. The third-order valence-corrected chi connectivity index (χ3v) is 2.16. The first-order valence-corrected chi connectivity index (χ1v) is 4.97. The second kappa shape index (κ2) is 4.13. The first-order chi connectivity index (χ1) is 7.29. The highest BCUT2D eigenvalue weighted by Gasteiger charge is 2.01. The number of hydrogen-bond donors (Lipinski definition) is 1. The Balaban J connectivity index is 2.32. The lowest BCUT2D eigenvalue weighted by Crippen LogP contribution is -1.96. The summed E-state index contributed by atoms with van der Waals surface area (Å²) in [5, 5.41) is 7.37. The Labute approximate surface area is 89.0 Å². The SMILES string of the molecule is CCNc1cncc(-c2cnn(C)c2)c1. The second-order valence-electron chi connectivity index (χ2n) is 3.40. The van der Waals surface area contributed by atoms with E-state index in [1.807, 2.05) is 31.8 Å². The maximum absolute atomic E-state index is 4.19. The van der Waals surface area contributed by atoms with Crippen molar-refractivity contribution in [3.63, 3.8) is 0 Å². The highest BCUT2D eigenvalue weighted by Crippen LogP contribution is 2.20. The number of aryl methyl sites for hydroxylation is 1. The van der Waals surface area contributed by atoms with Gasteiger partial charge in [-0.2, -0.15) is 5.10 Å². The number of nitrogens with zero attached hydrogens (tertiary/aromatic N) is 3. The number of hydrogen-bond acceptors (Lipinski definition) is 3. The highest BCUT2D eigenvalue weighted by molar-refractivity contribution is 5.65. The van der Waals surface area contributed by atoms with Crippen molar-refractivity contribution >= 4 is 5.69 Å². The molecule has 0 amide bonds. The summed E-state index contributed by atoms with van der Waals surface area (Å²) in [6, 6.07) is 2.08. The Morgan fingerprint density at radius 1 is 1.27 bits per heavy atom. The van der Waals surface area contributed by atoms with Crippen LogP contribution >= 0.6 is 0 Å². The van der Waals surface area contributed by atoms with Gasteiger partial charge >= 0.3 is 0 Å². The maximum Gasteiger partial charge on any atom is 0.0568 e. The minimum atomic E-state index is 0.901. The van der Waals surface area contributed by atoms with E-state index in [9.17, 15) is 0 Å². The van der Waals surface area contributed by atoms with Crippen molar-refractivity contribution in [2.24, 2.45) is 7.05 Å². The van der Waals surface area contributed by atoms with Crippen molar-refractivity contribution in [2.45, 2.75) is 6.92 Å². The van der Waals surface area contributed by atoms with Gasteiger partial charge in [0.15, 0.2) is 0 Å². The van der Waals surface area contributed by atoms with E-state index in [1.54, 1.807) is 4.68 Å². The molecule has 4 heteroatoms. The summed E-state index contributed by atoms with van der Waals surface area (Å²) in [5.74, 6) is 0. The molecule has 0 atom stereocenters. The minimum Gasteiger partial charge on any atom is -0.384 e. The van der Waals surface area contributed by atoms with E-state index in [2.05, 4.69) is 28.4 Å². The van der Waals surface area contributed by atoms with Gasteiger partial charge in [0.05, 0.1) is 11.9 Å². The Hall–Kier alpha value is -1.84. The van der Waals surface area contributed by atoms with Gasteiger partial charge in [-0.1, -0.05) is 0 Å². The fourth-order valence-electron chi connectivity index (χ4n) is 1.47. The lowest BCUT2D eigenvalue weighted by atomic mass is 10.1. The molecule has 0 radical (unpaired) electrons. The Bertz CT molecular complexity index is 447. The lowest BCUT2D eigenvalue weighted by molar-refractivity contribution is 0.768. The molecule has 1 N–H and O–H groups in total. The molecule has 2 heterocycles. The van der Waals surface area contributed by atoms with Gasteiger partial charge in [-0.25, -0.2) is 0 Å². The fraction of sp³-hybridized carbons (Fsp3) is 0.273. The number of anilines is 1. The van der Waals surface area contributed by atoms with Gasteiger partial charge < -0.3 is 5.32 Å². The summed E-state index contributed by atoms with van der Waals surface area (Å²) in [6.07, 6.45) is 7.49. The molecule has 2 rings (SSSR count). The fourth-order valence-corrected chi connectivity index (χ4v) is 1.47. The predicted octanol–water partition coefficient (Wildman–Crippen LogP) is 1.91. The van der Waals surface area contributed by atoms with E-state index < -0.39 is 0 Å². The van der Waals surface area contributed by atoms with Crippen LogP contribution < -0.4 is 5.32 Å². The molecular weight excluding hydrogens is 188 g/mol. The van der Waals surface area contributed by atoms with E-state index in [4.69, 9.17) is 0 Å². The molecule has 0 bridgehead atoms. The summed E-state index contributed by atoms with van der Waals surface area (Å²) in [6.45, 7) is 2.97. The molecule has 2 aromatic rings. The zero-order valence-electron chi connectivity index (χ0n) is 8.94. The molecule has 78 valence electrons. The van der Waals surface area contributed by atoms with Gasteiger partial charge in [0.25, 0.3) is 0 Å². The van der Waals surface area contributed by atoms with Crippen LogP contribution in [0.25, 0.3) is 11.1 Å². The number of nitrogens with one attached hydrogen (secondary N) is 1. The Kier molecular flexibility index (Phi) is 2.67. The van der Waals surface area contributed by atoms with Crippen LogP contribution in [0.1, 0.15) is 6.92 Å². The quantitative estimate of drug-likeness (QED) is 0.826. The zero-order valence-corrected chi connectivity index (χ0v) is 8.94. The molecule has 0 aromatic carbocycles. The standard InChI is InChI=1S/C11H14N4/c1-3-13-11-4-9(5-12-7-11)10-6-14-15(2)8-10/h4-8,13H,3H2,1-2H3. The topological polar surface area (TPSA) is 42.7 Å². The molecule has 4 nitrogen and oxygen atoms in total. The number of rotatable bonds is 3. The van der Waals surface area contributed by atoms with Crippen LogP contribution in [0.2, 0.25) is 0 Å². The van der Waals surface area contributed by atoms with Crippen LogP contribution in [0.5, 0.6) is 0 Å². The summed E-state index contributed by atoms with van der Waals surface area (Å²) in [4.78, 5) is 4.19. The number of pyridine rings is 1. The molecule has 0 fully saturated rings. The van der Waals surface area contributed by atoms with Crippen molar-refractivity contribution < 1.29 is 0 Å². The molecular formula is C11H14N4. The largest absolute Gasteiger partial charge is 0.384 e. The monoisotopic (exact) mass is 202 g/mol. The van der Waals surface area contributed by atoms with E-state index in [1.165, 1.54) is 0 Å². The average Bonchev–Trinajstić information content (AvgIpc) is 2.66. The predicted molar refractivity (Wildman–Crippen MR) is 60.6 cm³/mol. The van der Waals surface area contributed by atoms with Gasteiger partial charge in [0.2, 0.25) is 0 Å². The van der Waals surface area contributed by atoms with Crippen LogP contribution in [0.4, 0.5) is 5.69 Å². The highest BCUT2D eigenvalue weighted by atomic mass is 15.2. The van der Waals surface area contributed by atoms with E-state index in [0.29, 0.717) is 0 Å². The molecule has 0 unspecified atom stereocenters. The van der Waals surface area contributed by atoms with Gasteiger partial charge in [-0.15, -0.1) is 0 Å². The summed E-state index contributed by atoms with van der Waals surface area (Å²) in [7, 11) is 1.91. The summed E-state index contributed by atoms with van der Waals surface area (Å²) >= 11 is 0. The van der Waals surface area contributed by atoms with Gasteiger partial charge in [-0.05, 0) is 13.0 Å². The second-order valence-corrected chi connectivity index (χ2v) is 3.40. The van der Waals surface area contributed by atoms with Gasteiger partial charge in [-0.3, -0.25) is 9.67 Å². The number of aromatic nitrogens is 3. The van der Waals surface area contributed by atoms with Crippen LogP contribution in [-0.4, -0.2) is 21.3 Å². The third kappa shape index (κ3) is 2.15. The molecule has 0 aliphatic carbocycles. The van der Waals surface area contributed by atoms with Crippen molar-refractivity contribution in [1.29, 1.82) is 0 Å². The van der Waals surface area contributed by atoms with Crippen LogP contribution in [0, 0.1) is 0 Å². The summed E-state index contributed by atoms with van der Waals surface area (Å²) in [5.41, 5.74) is 3.21. The average molecular weight is 202 g/mol. The normalized spacial score (nSPS) is 10.3. The molecule has 2 aromatic heterocycles. The molecule has 15 heavy (non-hydrogen) atoms. The molecule has 0 aliphatic rings. The zero-order chi connectivity index (χ0) is 10.7. The van der Waals surface area contributed by atoms with Crippen molar-refractivity contribution in [1.82, 2.24) is 14.8 Å².